The van der Waals surface area contributed by atoms with Crippen LogP contribution >= 0.6 is 15.6 Å². The summed E-state index contributed by atoms with van der Waals surface area (Å²) in [4.78, 5) is 73.2. The molecular formula is C87H170O17P2. The van der Waals surface area contributed by atoms with Crippen molar-refractivity contribution in [1.29, 1.82) is 0 Å². The summed E-state index contributed by atoms with van der Waals surface area (Å²) in [6.07, 6.45) is 73.6. The molecule has 0 saturated heterocycles. The van der Waals surface area contributed by atoms with Crippen molar-refractivity contribution in [3.63, 3.8) is 0 Å². The summed E-state index contributed by atoms with van der Waals surface area (Å²) in [6.45, 7) is 7.39. The van der Waals surface area contributed by atoms with E-state index >= 15 is 0 Å². The molecule has 106 heavy (non-hydrogen) atoms. The van der Waals surface area contributed by atoms with E-state index in [0.717, 1.165) is 95.8 Å². The maximum Gasteiger partial charge on any atom is 0.472 e. The van der Waals surface area contributed by atoms with E-state index in [1.165, 1.54) is 295 Å². The molecule has 2 unspecified atom stereocenters. The number of carbonyl (C=O) groups is 4. The molecule has 0 aromatic heterocycles. The molecule has 0 spiro atoms. The molecule has 0 aromatic rings. The third-order valence-corrected chi connectivity index (χ3v) is 22.4. The Morgan fingerprint density at radius 2 is 0.434 bits per heavy atom. The Morgan fingerprint density at radius 3 is 0.642 bits per heavy atom. The third-order valence-electron chi connectivity index (χ3n) is 20.5. The standard InChI is InChI=1S/C87H170O17P2/c1-6-9-12-15-18-21-24-26-28-30-31-32-33-35-39-44-48-53-58-63-68-73-87(92)104-83(77-98-85(90)71-66-61-56-51-46-42-40-36-37-41-45-49-54-59-64-69-80(4)5)79-102-106(95,96)100-75-81(88)74-99-105(93,94)101-78-82(76-97-84(89)70-65-60-55-50-23-20-17-14-11-8-3)103-86(91)72-67-62-57-52-47-43-38-34-29-27-25-22-19-16-13-10-7-2/h80-83,88H,6-79H2,1-5H3,(H,93,94)(H,95,96)/t81-,82+,83+/m0/s1. The molecule has 0 heterocycles. The molecule has 0 fully saturated rings. The van der Waals surface area contributed by atoms with Gasteiger partial charge < -0.3 is 33.8 Å². The zero-order valence-corrected chi connectivity index (χ0v) is 71.4. The van der Waals surface area contributed by atoms with E-state index in [1.54, 1.807) is 0 Å². The molecule has 3 N–H and O–H groups in total. The highest BCUT2D eigenvalue weighted by molar-refractivity contribution is 7.47. The summed E-state index contributed by atoms with van der Waals surface area (Å²) in [6, 6.07) is 0. The Morgan fingerprint density at radius 1 is 0.255 bits per heavy atom. The van der Waals surface area contributed by atoms with Crippen molar-refractivity contribution >= 4 is 39.5 Å². The molecule has 0 saturated carbocycles. The van der Waals surface area contributed by atoms with Crippen LogP contribution in [0.3, 0.4) is 0 Å². The van der Waals surface area contributed by atoms with Gasteiger partial charge in [-0.2, -0.15) is 0 Å². The molecule has 0 amide bonds. The lowest BCUT2D eigenvalue weighted by Gasteiger charge is -2.21. The van der Waals surface area contributed by atoms with E-state index in [-0.39, 0.29) is 25.7 Å². The predicted octanol–water partition coefficient (Wildman–Crippen LogP) is 26.8. The van der Waals surface area contributed by atoms with E-state index in [2.05, 4.69) is 34.6 Å². The van der Waals surface area contributed by atoms with Crippen LogP contribution in [-0.2, 0) is 65.4 Å². The summed E-state index contributed by atoms with van der Waals surface area (Å²) in [5, 5.41) is 10.7. The van der Waals surface area contributed by atoms with Gasteiger partial charge in [-0.25, -0.2) is 9.13 Å². The summed E-state index contributed by atoms with van der Waals surface area (Å²) in [5.74, 6) is -1.29. The zero-order chi connectivity index (χ0) is 77.6. The highest BCUT2D eigenvalue weighted by atomic mass is 31.2. The second-order valence-corrected chi connectivity index (χ2v) is 34.7. The first kappa shape index (κ1) is 104. The molecule has 0 aromatic carbocycles. The number of phosphoric acid groups is 2. The van der Waals surface area contributed by atoms with Crippen molar-refractivity contribution in [3.8, 4) is 0 Å². The van der Waals surface area contributed by atoms with Crippen LogP contribution in [0.5, 0.6) is 0 Å². The third kappa shape index (κ3) is 80.1. The average molecular weight is 1550 g/mol. The smallest absolute Gasteiger partial charge is 0.462 e. The van der Waals surface area contributed by atoms with Crippen LogP contribution < -0.4 is 0 Å². The van der Waals surface area contributed by atoms with Gasteiger partial charge in [-0.05, 0) is 31.6 Å². The van der Waals surface area contributed by atoms with Crippen LogP contribution in [-0.4, -0.2) is 96.7 Å². The Kier molecular flexibility index (Phi) is 78.2. The molecule has 0 rings (SSSR count). The van der Waals surface area contributed by atoms with Crippen LogP contribution in [0.4, 0.5) is 0 Å². The molecular weight excluding hydrogens is 1380 g/mol. The molecule has 17 nitrogen and oxygen atoms in total. The van der Waals surface area contributed by atoms with Crippen LogP contribution in [0, 0.1) is 5.92 Å². The topological polar surface area (TPSA) is 237 Å². The summed E-state index contributed by atoms with van der Waals surface area (Å²) in [7, 11) is -9.93. The minimum Gasteiger partial charge on any atom is -0.462 e. The first-order valence-corrected chi connectivity index (χ1v) is 48.1. The molecule has 630 valence electrons. The first-order valence-electron chi connectivity index (χ1n) is 45.1. The largest absolute Gasteiger partial charge is 0.472 e. The number of phosphoric ester groups is 2. The number of aliphatic hydroxyl groups is 1. The zero-order valence-electron chi connectivity index (χ0n) is 69.6. The number of hydrogen-bond acceptors (Lipinski definition) is 15. The van der Waals surface area contributed by atoms with Gasteiger partial charge in [-0.15, -0.1) is 0 Å². The minimum atomic E-state index is -4.97. The molecule has 5 atom stereocenters. The second kappa shape index (κ2) is 79.7. The lowest BCUT2D eigenvalue weighted by molar-refractivity contribution is -0.161. The predicted molar refractivity (Wildman–Crippen MR) is 437 cm³/mol. The Hall–Kier alpha value is -1.94. The van der Waals surface area contributed by atoms with Crippen LogP contribution in [0.15, 0.2) is 0 Å². The number of ether oxygens (including phenoxy) is 4. The van der Waals surface area contributed by atoms with E-state index in [1.807, 2.05) is 0 Å². The lowest BCUT2D eigenvalue weighted by atomic mass is 10.0. The van der Waals surface area contributed by atoms with E-state index < -0.39 is 97.5 Å². The van der Waals surface area contributed by atoms with Crippen LogP contribution in [0.25, 0.3) is 0 Å². The SMILES string of the molecule is CCCCCCCCCCCCCCCCCCCCCCCC(=O)O[C@H](COC(=O)CCCCCCCCCCCCCCCCCC(C)C)COP(=O)(O)OC[C@@H](O)COP(=O)(O)OC[C@@H](COC(=O)CCCCCCCCCCCC)OC(=O)CCCCCCCCCCCCCCCCCCC. The highest BCUT2D eigenvalue weighted by Gasteiger charge is 2.30. The fraction of sp³-hybridized carbons (Fsp3) is 0.954. The molecule has 0 radical (unpaired) electrons. The second-order valence-electron chi connectivity index (χ2n) is 31.8. The maximum absolute atomic E-state index is 13.2. The van der Waals surface area contributed by atoms with Gasteiger partial charge in [0.15, 0.2) is 12.2 Å². The van der Waals surface area contributed by atoms with E-state index in [0.29, 0.717) is 25.7 Å². The fourth-order valence-corrected chi connectivity index (χ4v) is 15.2. The number of esters is 4. The Bertz CT molecular complexity index is 2010. The number of unbranched alkanes of at least 4 members (excludes halogenated alkanes) is 59. The van der Waals surface area contributed by atoms with Crippen molar-refractivity contribution in [2.45, 2.75) is 490 Å². The van der Waals surface area contributed by atoms with E-state index in [9.17, 15) is 43.2 Å². The van der Waals surface area contributed by atoms with Gasteiger partial charge in [0.2, 0.25) is 0 Å². The molecule has 0 aliphatic carbocycles. The summed E-state index contributed by atoms with van der Waals surface area (Å²) >= 11 is 0. The lowest BCUT2D eigenvalue weighted by Crippen LogP contribution is -2.30. The summed E-state index contributed by atoms with van der Waals surface area (Å²) in [5.41, 5.74) is 0. The van der Waals surface area contributed by atoms with Gasteiger partial charge in [0.1, 0.15) is 19.3 Å². The van der Waals surface area contributed by atoms with Gasteiger partial charge in [-0.1, -0.05) is 420 Å². The van der Waals surface area contributed by atoms with Crippen molar-refractivity contribution < 1.29 is 80.2 Å². The monoisotopic (exact) mass is 1550 g/mol. The Balaban J connectivity index is 5.22. The van der Waals surface area contributed by atoms with Gasteiger partial charge in [0, 0.05) is 25.7 Å². The normalized spacial score (nSPS) is 13.7. The quantitative estimate of drug-likeness (QED) is 0.0222. The molecule has 19 heteroatoms. The van der Waals surface area contributed by atoms with Crippen molar-refractivity contribution in [3.05, 3.63) is 0 Å². The van der Waals surface area contributed by atoms with Crippen LogP contribution in [0.1, 0.15) is 471 Å². The number of aliphatic hydroxyl groups excluding tert-OH is 1. The molecule has 0 bridgehead atoms. The molecule has 0 aliphatic heterocycles. The highest BCUT2D eigenvalue weighted by Crippen LogP contribution is 2.45. The summed E-state index contributed by atoms with van der Waals surface area (Å²) < 4.78 is 68.9. The van der Waals surface area contributed by atoms with Gasteiger partial charge in [0.25, 0.3) is 0 Å². The first-order chi connectivity index (χ1) is 51.5. The van der Waals surface area contributed by atoms with Gasteiger partial charge in [0.05, 0.1) is 26.4 Å². The van der Waals surface area contributed by atoms with E-state index in [4.69, 9.17) is 37.0 Å². The van der Waals surface area contributed by atoms with Crippen molar-refractivity contribution in [2.75, 3.05) is 39.6 Å². The number of hydrogen-bond donors (Lipinski definition) is 3. The van der Waals surface area contributed by atoms with Gasteiger partial charge in [-0.3, -0.25) is 37.3 Å². The van der Waals surface area contributed by atoms with Crippen molar-refractivity contribution in [1.82, 2.24) is 0 Å². The fourth-order valence-electron chi connectivity index (χ4n) is 13.6. The average Bonchev–Trinajstić information content (AvgIpc) is 0.924. The van der Waals surface area contributed by atoms with Gasteiger partial charge >= 0.3 is 39.5 Å². The maximum atomic E-state index is 13.2. The Labute approximate surface area is 651 Å². The number of rotatable bonds is 87. The van der Waals surface area contributed by atoms with Crippen LogP contribution in [0.2, 0.25) is 0 Å². The minimum absolute atomic E-state index is 0.109. The number of carbonyl (C=O) groups excluding carboxylic acids is 4. The molecule has 0 aliphatic rings. The van der Waals surface area contributed by atoms with Crippen molar-refractivity contribution in [2.24, 2.45) is 5.92 Å².